The van der Waals surface area contributed by atoms with Crippen LogP contribution in [0, 0.1) is 20.8 Å². The molecule has 0 aromatic heterocycles. The molecule has 0 amide bonds. The van der Waals surface area contributed by atoms with Crippen LogP contribution in [0.2, 0.25) is 0 Å². The third-order valence-electron chi connectivity index (χ3n) is 4.52. The molecule has 0 bridgehead atoms. The predicted octanol–water partition coefficient (Wildman–Crippen LogP) is 5.44. The van der Waals surface area contributed by atoms with Crippen LogP contribution in [0.1, 0.15) is 37.4 Å². The van der Waals surface area contributed by atoms with Crippen LogP contribution in [0.25, 0.3) is 0 Å². The molecule has 142 valence electrons. The molecule has 28 heavy (non-hydrogen) atoms. The molecule has 4 nitrogen and oxygen atoms in total. The van der Waals surface area contributed by atoms with E-state index in [-0.39, 0.29) is 12.4 Å². The zero-order valence-electron chi connectivity index (χ0n) is 16.2. The molecule has 0 aliphatic heterocycles. The Bertz CT molecular complexity index is 1010. The van der Waals surface area contributed by atoms with Crippen molar-refractivity contribution < 1.29 is 19.1 Å². The highest BCUT2D eigenvalue weighted by Crippen LogP contribution is 2.22. The van der Waals surface area contributed by atoms with Crippen LogP contribution in [-0.4, -0.2) is 18.4 Å². The second kappa shape index (κ2) is 8.53. The minimum atomic E-state index is -0.562. The number of ketones is 1. The van der Waals surface area contributed by atoms with E-state index in [9.17, 15) is 9.59 Å². The Morgan fingerprint density at radius 1 is 0.750 bits per heavy atom. The molecule has 0 radical (unpaired) electrons. The lowest BCUT2D eigenvalue weighted by molar-refractivity contribution is 0.0474. The molecule has 0 aliphatic rings. The van der Waals surface area contributed by atoms with E-state index in [2.05, 4.69) is 0 Å². The van der Waals surface area contributed by atoms with E-state index in [4.69, 9.17) is 9.47 Å². The van der Waals surface area contributed by atoms with Crippen LogP contribution in [0.3, 0.4) is 0 Å². The molecule has 0 saturated heterocycles. The molecule has 0 spiro atoms. The molecule has 0 N–H and O–H groups in total. The summed E-state index contributed by atoms with van der Waals surface area (Å²) in [5.74, 6) is 0.421. The molecule has 3 aromatic carbocycles. The number of benzene rings is 3. The summed E-state index contributed by atoms with van der Waals surface area (Å²) < 4.78 is 11.0. The number of hydrogen-bond acceptors (Lipinski definition) is 4. The van der Waals surface area contributed by atoms with Crippen LogP contribution in [-0.2, 0) is 4.74 Å². The van der Waals surface area contributed by atoms with Gasteiger partial charge in [-0.2, -0.15) is 0 Å². The fourth-order valence-corrected chi connectivity index (χ4v) is 2.86. The minimum absolute atomic E-state index is 0.217. The molecular weight excluding hydrogens is 352 g/mol. The van der Waals surface area contributed by atoms with Crippen molar-refractivity contribution >= 4 is 11.8 Å². The Labute approximate surface area is 164 Å². The van der Waals surface area contributed by atoms with Crippen LogP contribution in [0.5, 0.6) is 11.5 Å². The highest BCUT2D eigenvalue weighted by Gasteiger charge is 2.15. The molecule has 4 heteroatoms. The van der Waals surface area contributed by atoms with Gasteiger partial charge >= 0.3 is 5.97 Å². The summed E-state index contributed by atoms with van der Waals surface area (Å²) in [6, 6.07) is 19.8. The summed E-state index contributed by atoms with van der Waals surface area (Å²) in [6.45, 7) is 5.54. The van der Waals surface area contributed by atoms with Crippen molar-refractivity contribution in [3.8, 4) is 11.5 Å². The second-order valence-corrected chi connectivity index (χ2v) is 6.69. The zero-order chi connectivity index (χ0) is 20.1. The molecular formula is C24H22O4. The lowest BCUT2D eigenvalue weighted by Crippen LogP contribution is -2.15. The van der Waals surface area contributed by atoms with E-state index in [1.807, 2.05) is 63.2 Å². The standard InChI is InChI=1S/C24H22O4/c1-16-12-18(3)22(13-17(16)2)23(25)15-27-24(26)19-8-7-11-21(14-19)28-20-9-5-4-6-10-20/h4-14H,15H2,1-3H3. The molecule has 3 rings (SSSR count). The van der Waals surface area contributed by atoms with Gasteiger partial charge in [-0.15, -0.1) is 0 Å². The van der Waals surface area contributed by atoms with E-state index in [0.717, 1.165) is 16.7 Å². The first-order chi connectivity index (χ1) is 13.4. The zero-order valence-corrected chi connectivity index (χ0v) is 16.2. The summed E-state index contributed by atoms with van der Waals surface area (Å²) >= 11 is 0. The maximum absolute atomic E-state index is 12.5. The third kappa shape index (κ3) is 4.65. The van der Waals surface area contributed by atoms with Crippen LogP contribution >= 0.6 is 0 Å². The smallest absolute Gasteiger partial charge is 0.338 e. The lowest BCUT2D eigenvalue weighted by Gasteiger charge is -2.10. The molecule has 3 aromatic rings. The summed E-state index contributed by atoms with van der Waals surface area (Å²) in [6.07, 6.45) is 0. The SMILES string of the molecule is Cc1cc(C)c(C(=O)COC(=O)c2cccc(Oc3ccccc3)c2)cc1C. The lowest BCUT2D eigenvalue weighted by atomic mass is 9.98. The Balaban J connectivity index is 1.66. The third-order valence-corrected chi connectivity index (χ3v) is 4.52. The van der Waals surface area contributed by atoms with Crippen molar-refractivity contribution in [2.24, 2.45) is 0 Å². The number of carbonyl (C=O) groups excluding carboxylic acids is 2. The minimum Gasteiger partial charge on any atom is -0.457 e. The van der Waals surface area contributed by atoms with Crippen molar-refractivity contribution in [3.05, 3.63) is 94.5 Å². The van der Waals surface area contributed by atoms with Gasteiger partial charge in [0.05, 0.1) is 5.56 Å². The van der Waals surface area contributed by atoms with Gasteiger partial charge in [-0.25, -0.2) is 4.79 Å². The maximum Gasteiger partial charge on any atom is 0.338 e. The molecule has 0 unspecified atom stereocenters. The van der Waals surface area contributed by atoms with Crippen LogP contribution in [0.15, 0.2) is 66.7 Å². The van der Waals surface area contributed by atoms with Gasteiger partial charge in [-0.3, -0.25) is 4.79 Å². The average molecular weight is 374 g/mol. The Hall–Kier alpha value is -3.40. The van der Waals surface area contributed by atoms with Crippen molar-refractivity contribution in [3.63, 3.8) is 0 Å². The number of esters is 1. The fourth-order valence-electron chi connectivity index (χ4n) is 2.86. The first-order valence-corrected chi connectivity index (χ1v) is 9.05. The number of rotatable bonds is 6. The van der Waals surface area contributed by atoms with Gasteiger partial charge < -0.3 is 9.47 Å². The molecule has 0 fully saturated rings. The average Bonchev–Trinajstić information content (AvgIpc) is 2.69. The highest BCUT2D eigenvalue weighted by molar-refractivity contribution is 6.00. The van der Waals surface area contributed by atoms with Crippen molar-refractivity contribution in [2.45, 2.75) is 20.8 Å². The van der Waals surface area contributed by atoms with Gasteiger partial charge in [-0.1, -0.05) is 30.3 Å². The first kappa shape index (κ1) is 19.4. The van der Waals surface area contributed by atoms with E-state index in [0.29, 0.717) is 22.6 Å². The van der Waals surface area contributed by atoms with Gasteiger partial charge in [0.1, 0.15) is 11.5 Å². The van der Waals surface area contributed by atoms with E-state index >= 15 is 0 Å². The number of Topliss-reactive ketones (excluding diaryl/α,β-unsaturated/α-hetero) is 1. The number of aryl methyl sites for hydroxylation is 3. The maximum atomic E-state index is 12.5. The normalized spacial score (nSPS) is 10.4. The largest absolute Gasteiger partial charge is 0.457 e. The Kier molecular flexibility index (Phi) is 5.90. The summed E-state index contributed by atoms with van der Waals surface area (Å²) in [7, 11) is 0. The Morgan fingerprint density at radius 3 is 2.18 bits per heavy atom. The van der Waals surface area contributed by atoms with Gasteiger partial charge in [0, 0.05) is 5.56 Å². The van der Waals surface area contributed by atoms with Crippen molar-refractivity contribution in [2.75, 3.05) is 6.61 Å². The summed E-state index contributed by atoms with van der Waals surface area (Å²) in [5.41, 5.74) is 3.95. The van der Waals surface area contributed by atoms with Gasteiger partial charge in [-0.05, 0) is 73.9 Å². The molecule has 0 aliphatic carbocycles. The van der Waals surface area contributed by atoms with Gasteiger partial charge in [0.25, 0.3) is 0 Å². The number of ether oxygens (including phenoxy) is 2. The van der Waals surface area contributed by atoms with E-state index < -0.39 is 5.97 Å². The monoisotopic (exact) mass is 374 g/mol. The van der Waals surface area contributed by atoms with Gasteiger partial charge in [0.15, 0.2) is 6.61 Å². The van der Waals surface area contributed by atoms with E-state index in [1.165, 1.54) is 0 Å². The van der Waals surface area contributed by atoms with Crippen molar-refractivity contribution in [1.29, 1.82) is 0 Å². The molecule has 0 atom stereocenters. The quantitative estimate of drug-likeness (QED) is 0.426. The Morgan fingerprint density at radius 2 is 1.43 bits per heavy atom. The van der Waals surface area contributed by atoms with E-state index in [1.54, 1.807) is 24.3 Å². The first-order valence-electron chi connectivity index (χ1n) is 9.05. The summed E-state index contributed by atoms with van der Waals surface area (Å²) in [5, 5.41) is 0. The highest BCUT2D eigenvalue weighted by atomic mass is 16.5. The fraction of sp³-hybridized carbons (Fsp3) is 0.167. The molecule has 0 saturated carbocycles. The van der Waals surface area contributed by atoms with Crippen molar-refractivity contribution in [1.82, 2.24) is 0 Å². The predicted molar refractivity (Wildman–Crippen MR) is 108 cm³/mol. The topological polar surface area (TPSA) is 52.6 Å². The number of carbonyl (C=O) groups is 2. The number of hydrogen-bond donors (Lipinski definition) is 0. The van der Waals surface area contributed by atoms with Crippen LogP contribution < -0.4 is 4.74 Å². The molecule has 0 heterocycles. The summed E-state index contributed by atoms with van der Waals surface area (Å²) in [4.78, 5) is 24.8. The van der Waals surface area contributed by atoms with Crippen LogP contribution in [0.4, 0.5) is 0 Å². The van der Waals surface area contributed by atoms with Gasteiger partial charge in [0.2, 0.25) is 5.78 Å². The number of para-hydroxylation sites is 1. The second-order valence-electron chi connectivity index (χ2n) is 6.69.